The fourth-order valence-corrected chi connectivity index (χ4v) is 1.57. The SMILES string of the molecule is C=CC(=C)CSNc1ccc(C)cc1. The van der Waals surface area contributed by atoms with Crippen LogP contribution in [-0.2, 0) is 0 Å². The fourth-order valence-electron chi connectivity index (χ4n) is 0.893. The molecule has 0 spiro atoms. The lowest BCUT2D eigenvalue weighted by Gasteiger charge is -2.05. The van der Waals surface area contributed by atoms with Gasteiger partial charge in [0, 0.05) is 11.4 Å². The summed E-state index contributed by atoms with van der Waals surface area (Å²) in [5, 5.41) is 0. The number of nitrogens with one attached hydrogen (secondary N) is 1. The highest BCUT2D eigenvalue weighted by atomic mass is 32.2. The van der Waals surface area contributed by atoms with Crippen LogP contribution in [0.15, 0.2) is 49.1 Å². The minimum atomic E-state index is 0.859. The molecule has 0 saturated carbocycles. The second-order valence-electron chi connectivity index (χ2n) is 3.12. The van der Waals surface area contributed by atoms with Crippen molar-refractivity contribution in [2.24, 2.45) is 0 Å². The maximum Gasteiger partial charge on any atom is 0.0440 e. The molecule has 0 saturated heterocycles. The Morgan fingerprint density at radius 3 is 2.64 bits per heavy atom. The Labute approximate surface area is 90.1 Å². The molecule has 0 aliphatic carbocycles. The average molecular weight is 205 g/mol. The van der Waals surface area contributed by atoms with E-state index >= 15 is 0 Å². The van der Waals surface area contributed by atoms with Crippen LogP contribution in [0.25, 0.3) is 0 Å². The molecular formula is C12H15NS. The van der Waals surface area contributed by atoms with Crippen molar-refractivity contribution in [3.05, 3.63) is 54.6 Å². The molecule has 0 atom stereocenters. The van der Waals surface area contributed by atoms with Gasteiger partial charge in [-0.05, 0) is 36.6 Å². The van der Waals surface area contributed by atoms with Gasteiger partial charge in [-0.25, -0.2) is 0 Å². The second kappa shape index (κ2) is 5.55. The average Bonchev–Trinajstić information content (AvgIpc) is 2.21. The predicted octanol–water partition coefficient (Wildman–Crippen LogP) is 3.80. The number of aryl methyl sites for hydroxylation is 1. The summed E-state index contributed by atoms with van der Waals surface area (Å²) in [6, 6.07) is 8.31. The van der Waals surface area contributed by atoms with Crippen molar-refractivity contribution in [2.45, 2.75) is 6.92 Å². The van der Waals surface area contributed by atoms with Gasteiger partial charge in [0.15, 0.2) is 0 Å². The zero-order valence-corrected chi connectivity index (χ0v) is 9.23. The number of allylic oxidation sites excluding steroid dienone is 1. The highest BCUT2D eigenvalue weighted by Crippen LogP contribution is 2.15. The highest BCUT2D eigenvalue weighted by Gasteiger charge is 1.92. The summed E-state index contributed by atoms with van der Waals surface area (Å²) in [7, 11) is 0. The van der Waals surface area contributed by atoms with Gasteiger partial charge in [0.25, 0.3) is 0 Å². The Balaban J connectivity index is 2.35. The first-order chi connectivity index (χ1) is 6.72. The molecule has 0 aromatic heterocycles. The van der Waals surface area contributed by atoms with Gasteiger partial charge in [-0.3, -0.25) is 0 Å². The lowest BCUT2D eigenvalue weighted by Crippen LogP contribution is -1.90. The first kappa shape index (κ1) is 10.9. The lowest BCUT2D eigenvalue weighted by molar-refractivity contribution is 1.47. The smallest absolute Gasteiger partial charge is 0.0440 e. The number of rotatable bonds is 5. The molecule has 14 heavy (non-hydrogen) atoms. The Hall–Kier alpha value is -1.15. The maximum atomic E-state index is 3.84. The van der Waals surface area contributed by atoms with Crippen molar-refractivity contribution in [2.75, 3.05) is 10.5 Å². The van der Waals surface area contributed by atoms with E-state index in [2.05, 4.69) is 49.1 Å². The van der Waals surface area contributed by atoms with E-state index in [0.29, 0.717) is 0 Å². The molecule has 0 amide bonds. The van der Waals surface area contributed by atoms with Crippen molar-refractivity contribution < 1.29 is 0 Å². The van der Waals surface area contributed by atoms with E-state index < -0.39 is 0 Å². The topological polar surface area (TPSA) is 12.0 Å². The number of hydrogen-bond acceptors (Lipinski definition) is 2. The van der Waals surface area contributed by atoms with Gasteiger partial charge in [0.2, 0.25) is 0 Å². The Morgan fingerprint density at radius 2 is 2.07 bits per heavy atom. The molecule has 0 heterocycles. The van der Waals surface area contributed by atoms with E-state index in [4.69, 9.17) is 0 Å². The monoisotopic (exact) mass is 205 g/mol. The van der Waals surface area contributed by atoms with Gasteiger partial charge in [0.1, 0.15) is 0 Å². The van der Waals surface area contributed by atoms with Crippen LogP contribution >= 0.6 is 11.9 Å². The Morgan fingerprint density at radius 1 is 1.43 bits per heavy atom. The molecule has 74 valence electrons. The first-order valence-corrected chi connectivity index (χ1v) is 5.45. The molecule has 0 unspecified atom stereocenters. The van der Waals surface area contributed by atoms with E-state index in [1.54, 1.807) is 18.0 Å². The minimum Gasteiger partial charge on any atom is -0.329 e. The van der Waals surface area contributed by atoms with Crippen LogP contribution < -0.4 is 4.72 Å². The summed E-state index contributed by atoms with van der Waals surface area (Å²) in [4.78, 5) is 0. The van der Waals surface area contributed by atoms with E-state index in [9.17, 15) is 0 Å². The van der Waals surface area contributed by atoms with Crippen LogP contribution in [0.1, 0.15) is 5.56 Å². The molecule has 1 rings (SSSR count). The van der Waals surface area contributed by atoms with Crippen LogP contribution in [0.5, 0.6) is 0 Å². The van der Waals surface area contributed by atoms with E-state index in [1.807, 2.05) is 0 Å². The van der Waals surface area contributed by atoms with Crippen LogP contribution in [0, 0.1) is 6.92 Å². The Kier molecular flexibility index (Phi) is 4.33. The summed E-state index contributed by atoms with van der Waals surface area (Å²) in [6.45, 7) is 9.58. The number of benzene rings is 1. The van der Waals surface area contributed by atoms with E-state index in [-0.39, 0.29) is 0 Å². The van der Waals surface area contributed by atoms with Crippen molar-refractivity contribution >= 4 is 17.6 Å². The van der Waals surface area contributed by atoms with Crippen molar-refractivity contribution in [3.8, 4) is 0 Å². The van der Waals surface area contributed by atoms with Gasteiger partial charge in [-0.1, -0.05) is 36.9 Å². The van der Waals surface area contributed by atoms with Crippen LogP contribution in [0.3, 0.4) is 0 Å². The second-order valence-corrected chi connectivity index (χ2v) is 3.90. The molecule has 1 nitrogen and oxygen atoms in total. The first-order valence-electron chi connectivity index (χ1n) is 4.47. The normalized spacial score (nSPS) is 9.50. The molecule has 0 aliphatic heterocycles. The third-order valence-corrected chi connectivity index (χ3v) is 2.68. The molecule has 0 bridgehead atoms. The zero-order valence-electron chi connectivity index (χ0n) is 8.42. The fraction of sp³-hybridized carbons (Fsp3) is 0.167. The number of anilines is 1. The van der Waals surface area contributed by atoms with Gasteiger partial charge in [-0.2, -0.15) is 0 Å². The molecule has 0 fully saturated rings. The molecule has 2 heteroatoms. The molecule has 0 aliphatic rings. The summed E-state index contributed by atoms with van der Waals surface area (Å²) in [5.74, 6) is 0.859. The quantitative estimate of drug-likeness (QED) is 0.579. The summed E-state index contributed by atoms with van der Waals surface area (Å²) in [6.07, 6.45) is 1.78. The number of hydrogen-bond donors (Lipinski definition) is 1. The van der Waals surface area contributed by atoms with Crippen molar-refractivity contribution in [1.29, 1.82) is 0 Å². The van der Waals surface area contributed by atoms with Crippen molar-refractivity contribution in [1.82, 2.24) is 0 Å². The summed E-state index contributed by atoms with van der Waals surface area (Å²) >= 11 is 1.62. The molecule has 1 N–H and O–H groups in total. The van der Waals surface area contributed by atoms with Gasteiger partial charge in [-0.15, -0.1) is 0 Å². The molecular weight excluding hydrogens is 190 g/mol. The van der Waals surface area contributed by atoms with Gasteiger partial charge >= 0.3 is 0 Å². The third kappa shape index (κ3) is 3.71. The molecule has 1 aromatic rings. The third-order valence-electron chi connectivity index (χ3n) is 1.79. The maximum absolute atomic E-state index is 3.84. The molecule has 1 aromatic carbocycles. The van der Waals surface area contributed by atoms with Crippen LogP contribution in [-0.4, -0.2) is 5.75 Å². The van der Waals surface area contributed by atoms with Crippen molar-refractivity contribution in [3.63, 3.8) is 0 Å². The van der Waals surface area contributed by atoms with Gasteiger partial charge in [0.05, 0.1) is 0 Å². The summed E-state index contributed by atoms with van der Waals surface area (Å²) in [5.41, 5.74) is 3.43. The largest absolute Gasteiger partial charge is 0.329 e. The predicted molar refractivity (Wildman–Crippen MR) is 66.6 cm³/mol. The molecule has 0 radical (unpaired) electrons. The van der Waals surface area contributed by atoms with Gasteiger partial charge < -0.3 is 4.72 Å². The van der Waals surface area contributed by atoms with Crippen LogP contribution in [0.4, 0.5) is 5.69 Å². The zero-order chi connectivity index (χ0) is 10.4. The minimum absolute atomic E-state index is 0.859. The van der Waals surface area contributed by atoms with Crippen LogP contribution in [0.2, 0.25) is 0 Å². The Bertz CT molecular complexity index is 314. The lowest BCUT2D eigenvalue weighted by atomic mass is 10.2. The standard InChI is InChI=1S/C12H15NS/c1-4-10(2)9-14-13-12-7-5-11(3)6-8-12/h4-8,13H,1-2,9H2,3H3. The highest BCUT2D eigenvalue weighted by molar-refractivity contribution is 8.00. The van der Waals surface area contributed by atoms with E-state index in [1.165, 1.54) is 5.56 Å². The summed E-state index contributed by atoms with van der Waals surface area (Å²) < 4.78 is 3.25. The van der Waals surface area contributed by atoms with E-state index in [0.717, 1.165) is 17.0 Å².